The van der Waals surface area contributed by atoms with Crippen LogP contribution in [0.4, 0.5) is 4.39 Å². The number of hydrogen-bond donors (Lipinski definition) is 1. The lowest BCUT2D eigenvalue weighted by atomic mass is 9.97. The first-order valence-corrected chi connectivity index (χ1v) is 5.71. The molecule has 0 heterocycles. The molecule has 1 N–H and O–H groups in total. The fraction of sp³-hybridized carbons (Fsp3) is 0.538. The molecular formula is C13H18FN. The molecule has 0 saturated heterocycles. The van der Waals surface area contributed by atoms with Crippen molar-refractivity contribution in [2.75, 3.05) is 6.54 Å². The molecule has 1 nitrogen and oxygen atoms in total. The summed E-state index contributed by atoms with van der Waals surface area (Å²) in [7, 11) is 0. The second-order valence-corrected chi connectivity index (χ2v) is 4.37. The van der Waals surface area contributed by atoms with Gasteiger partial charge in [0.25, 0.3) is 0 Å². The van der Waals surface area contributed by atoms with E-state index in [4.69, 9.17) is 0 Å². The van der Waals surface area contributed by atoms with E-state index in [0.29, 0.717) is 6.04 Å². The van der Waals surface area contributed by atoms with E-state index in [2.05, 4.69) is 12.2 Å². The smallest absolute Gasteiger partial charge is 0.123 e. The van der Waals surface area contributed by atoms with Crippen LogP contribution in [0.15, 0.2) is 18.2 Å². The van der Waals surface area contributed by atoms with Gasteiger partial charge in [0.15, 0.2) is 0 Å². The van der Waals surface area contributed by atoms with Crippen molar-refractivity contribution in [3.63, 3.8) is 0 Å². The molecule has 0 bridgehead atoms. The van der Waals surface area contributed by atoms with Gasteiger partial charge in [-0.2, -0.15) is 0 Å². The maximum absolute atomic E-state index is 13.0. The standard InChI is InChI=1S/C13H18FN/c1-3-15-13(10-4-5-10)12-7-6-11(14)8-9(12)2/h6-8,10,13,15H,3-5H2,1-2H3. The molecule has 1 aliphatic rings. The van der Waals surface area contributed by atoms with Gasteiger partial charge in [-0.1, -0.05) is 13.0 Å². The highest BCUT2D eigenvalue weighted by Gasteiger charge is 2.32. The van der Waals surface area contributed by atoms with Crippen LogP contribution >= 0.6 is 0 Å². The molecule has 0 aromatic heterocycles. The summed E-state index contributed by atoms with van der Waals surface area (Å²) in [5.41, 5.74) is 2.33. The Kier molecular flexibility index (Phi) is 3.06. The zero-order valence-electron chi connectivity index (χ0n) is 9.39. The number of aryl methyl sites for hydroxylation is 1. The highest BCUT2D eigenvalue weighted by atomic mass is 19.1. The Bertz CT molecular complexity index is 344. The van der Waals surface area contributed by atoms with Crippen molar-refractivity contribution in [1.29, 1.82) is 0 Å². The Labute approximate surface area is 90.7 Å². The first kappa shape index (κ1) is 10.6. The molecule has 1 aromatic rings. The molecule has 1 aliphatic carbocycles. The van der Waals surface area contributed by atoms with E-state index in [9.17, 15) is 4.39 Å². The van der Waals surface area contributed by atoms with E-state index in [0.717, 1.165) is 18.0 Å². The van der Waals surface area contributed by atoms with Crippen LogP contribution < -0.4 is 5.32 Å². The molecule has 1 atom stereocenters. The van der Waals surface area contributed by atoms with Gasteiger partial charge in [-0.3, -0.25) is 0 Å². The monoisotopic (exact) mass is 207 g/mol. The first-order valence-electron chi connectivity index (χ1n) is 5.71. The van der Waals surface area contributed by atoms with E-state index >= 15 is 0 Å². The van der Waals surface area contributed by atoms with Crippen molar-refractivity contribution >= 4 is 0 Å². The summed E-state index contributed by atoms with van der Waals surface area (Å²) in [6, 6.07) is 5.54. The lowest BCUT2D eigenvalue weighted by molar-refractivity contribution is 0.492. The van der Waals surface area contributed by atoms with Gasteiger partial charge in [0, 0.05) is 6.04 Å². The van der Waals surface area contributed by atoms with Gasteiger partial charge in [-0.25, -0.2) is 4.39 Å². The van der Waals surface area contributed by atoms with Crippen molar-refractivity contribution in [3.05, 3.63) is 35.1 Å². The minimum atomic E-state index is -0.137. The van der Waals surface area contributed by atoms with Crippen LogP contribution in [0.2, 0.25) is 0 Å². The maximum atomic E-state index is 13.0. The predicted molar refractivity (Wildman–Crippen MR) is 60.3 cm³/mol. The van der Waals surface area contributed by atoms with Crippen LogP contribution in [0.3, 0.4) is 0 Å². The summed E-state index contributed by atoms with van der Waals surface area (Å²) in [5.74, 6) is 0.622. The van der Waals surface area contributed by atoms with Gasteiger partial charge < -0.3 is 5.32 Å². The quantitative estimate of drug-likeness (QED) is 0.799. The minimum absolute atomic E-state index is 0.137. The topological polar surface area (TPSA) is 12.0 Å². The number of benzene rings is 1. The van der Waals surface area contributed by atoms with Crippen LogP contribution in [-0.2, 0) is 0 Å². The van der Waals surface area contributed by atoms with Crippen LogP contribution in [0.25, 0.3) is 0 Å². The molecule has 0 amide bonds. The average molecular weight is 207 g/mol. The largest absolute Gasteiger partial charge is 0.310 e. The highest BCUT2D eigenvalue weighted by Crippen LogP contribution is 2.41. The van der Waals surface area contributed by atoms with E-state index in [1.54, 1.807) is 12.1 Å². The fourth-order valence-electron chi connectivity index (χ4n) is 2.17. The Morgan fingerprint density at radius 3 is 2.73 bits per heavy atom. The van der Waals surface area contributed by atoms with Gasteiger partial charge >= 0.3 is 0 Å². The molecule has 1 unspecified atom stereocenters. The predicted octanol–water partition coefficient (Wildman–Crippen LogP) is 3.19. The second kappa shape index (κ2) is 4.31. The van der Waals surface area contributed by atoms with Crippen molar-refractivity contribution in [2.24, 2.45) is 5.92 Å². The van der Waals surface area contributed by atoms with E-state index in [1.807, 2.05) is 13.0 Å². The van der Waals surface area contributed by atoms with Crippen LogP contribution in [-0.4, -0.2) is 6.54 Å². The molecule has 1 aromatic carbocycles. The van der Waals surface area contributed by atoms with E-state index in [1.165, 1.54) is 18.4 Å². The van der Waals surface area contributed by atoms with Gasteiger partial charge in [0.05, 0.1) is 0 Å². The SMILES string of the molecule is CCNC(c1ccc(F)cc1C)C1CC1. The minimum Gasteiger partial charge on any atom is -0.310 e. The van der Waals surface area contributed by atoms with Gasteiger partial charge in [-0.05, 0) is 55.5 Å². The van der Waals surface area contributed by atoms with Crippen LogP contribution in [0.5, 0.6) is 0 Å². The molecule has 1 saturated carbocycles. The van der Waals surface area contributed by atoms with E-state index in [-0.39, 0.29) is 5.82 Å². The van der Waals surface area contributed by atoms with Gasteiger partial charge in [-0.15, -0.1) is 0 Å². The molecule has 15 heavy (non-hydrogen) atoms. The average Bonchev–Trinajstić information content (AvgIpc) is 2.98. The summed E-state index contributed by atoms with van der Waals surface area (Å²) in [6.07, 6.45) is 2.60. The lowest BCUT2D eigenvalue weighted by Crippen LogP contribution is -2.23. The third-order valence-corrected chi connectivity index (χ3v) is 3.08. The second-order valence-electron chi connectivity index (χ2n) is 4.37. The Morgan fingerprint density at radius 1 is 1.47 bits per heavy atom. The first-order chi connectivity index (χ1) is 7.22. The van der Waals surface area contributed by atoms with Crippen LogP contribution in [0, 0.1) is 18.7 Å². The van der Waals surface area contributed by atoms with Crippen LogP contribution in [0.1, 0.15) is 36.9 Å². The molecule has 0 spiro atoms. The third-order valence-electron chi connectivity index (χ3n) is 3.08. The Balaban J connectivity index is 2.24. The Hall–Kier alpha value is -0.890. The summed E-state index contributed by atoms with van der Waals surface area (Å²) in [6.45, 7) is 5.08. The maximum Gasteiger partial charge on any atom is 0.123 e. The third kappa shape index (κ3) is 2.37. The van der Waals surface area contributed by atoms with Crippen molar-refractivity contribution < 1.29 is 4.39 Å². The molecule has 2 heteroatoms. The lowest BCUT2D eigenvalue weighted by Gasteiger charge is -2.19. The molecule has 82 valence electrons. The molecular weight excluding hydrogens is 189 g/mol. The van der Waals surface area contributed by atoms with Crippen molar-refractivity contribution in [3.8, 4) is 0 Å². The molecule has 2 rings (SSSR count). The van der Waals surface area contributed by atoms with Crippen molar-refractivity contribution in [2.45, 2.75) is 32.7 Å². The zero-order chi connectivity index (χ0) is 10.8. The number of halogens is 1. The zero-order valence-corrected chi connectivity index (χ0v) is 9.39. The van der Waals surface area contributed by atoms with Gasteiger partial charge in [0.1, 0.15) is 5.82 Å². The normalized spacial score (nSPS) is 17.8. The summed E-state index contributed by atoms with van der Waals surface area (Å²) in [4.78, 5) is 0. The van der Waals surface area contributed by atoms with E-state index < -0.39 is 0 Å². The fourth-order valence-corrected chi connectivity index (χ4v) is 2.17. The molecule has 1 fully saturated rings. The number of nitrogens with one attached hydrogen (secondary N) is 1. The van der Waals surface area contributed by atoms with Crippen molar-refractivity contribution in [1.82, 2.24) is 5.32 Å². The number of rotatable bonds is 4. The molecule has 0 radical (unpaired) electrons. The molecule has 0 aliphatic heterocycles. The summed E-state index contributed by atoms with van der Waals surface area (Å²) < 4.78 is 13.0. The summed E-state index contributed by atoms with van der Waals surface area (Å²) >= 11 is 0. The Morgan fingerprint density at radius 2 is 2.20 bits per heavy atom. The summed E-state index contributed by atoms with van der Waals surface area (Å²) in [5, 5.41) is 3.50. The number of hydrogen-bond acceptors (Lipinski definition) is 1. The highest BCUT2D eigenvalue weighted by molar-refractivity contribution is 5.30. The van der Waals surface area contributed by atoms with Gasteiger partial charge in [0.2, 0.25) is 0 Å².